The highest BCUT2D eigenvalue weighted by Gasteiger charge is 1.80. The number of rotatable bonds is 5. The lowest BCUT2D eigenvalue weighted by molar-refractivity contribution is -0.108. The number of carbonyl (C=O) groups excluding carboxylic acids is 1. The van der Waals surface area contributed by atoms with E-state index in [1.165, 1.54) is 0 Å². The molecule has 0 spiro atoms. The number of carbonyl (C=O) groups is 1. The van der Waals surface area contributed by atoms with E-state index in [1.54, 1.807) is 0 Å². The van der Waals surface area contributed by atoms with Gasteiger partial charge < -0.3 is 9.53 Å². The van der Waals surface area contributed by atoms with E-state index in [-0.39, 0.29) is 0 Å². The third-order valence-corrected chi connectivity index (χ3v) is 0.830. The quantitative estimate of drug-likeness (QED) is 0.315. The molecule has 0 rings (SSSR count). The van der Waals surface area contributed by atoms with E-state index in [9.17, 15) is 4.79 Å². The predicted molar refractivity (Wildman–Crippen MR) is 36.3 cm³/mol. The maximum atomic E-state index is 9.74. The molecule has 0 heterocycles. The lowest BCUT2D eigenvalue weighted by atomic mass is 10.5. The van der Waals surface area contributed by atoms with Crippen molar-refractivity contribution in [3.8, 4) is 0 Å². The van der Waals surface area contributed by atoms with Gasteiger partial charge in [0.2, 0.25) is 0 Å². The first-order chi connectivity index (χ1) is 4.41. The molecule has 0 N–H and O–H groups in total. The molecule has 0 saturated heterocycles. The molecule has 0 aromatic heterocycles. The largest absolute Gasteiger partial charge is 0.377 e. The number of allylic oxidation sites excluding steroid dienone is 1. The molecule has 0 radical (unpaired) electrons. The Morgan fingerprint density at radius 2 is 2.33 bits per heavy atom. The van der Waals surface area contributed by atoms with Crippen molar-refractivity contribution in [1.82, 2.24) is 0 Å². The van der Waals surface area contributed by atoms with E-state index < -0.39 is 0 Å². The van der Waals surface area contributed by atoms with Gasteiger partial charge in [-0.1, -0.05) is 12.2 Å². The molecule has 9 heavy (non-hydrogen) atoms. The van der Waals surface area contributed by atoms with Crippen molar-refractivity contribution in [2.75, 3.05) is 13.2 Å². The second-order valence-electron chi connectivity index (χ2n) is 1.60. The first-order valence-electron chi connectivity index (χ1n) is 3.04. The summed E-state index contributed by atoms with van der Waals surface area (Å²) in [5, 5.41) is 0. The van der Waals surface area contributed by atoms with Crippen LogP contribution in [0.4, 0.5) is 0 Å². The summed E-state index contributed by atoms with van der Waals surface area (Å²) in [5.41, 5.74) is 0. The fourth-order valence-corrected chi connectivity index (χ4v) is 0.379. The highest BCUT2D eigenvalue weighted by atomic mass is 16.5. The van der Waals surface area contributed by atoms with Crippen molar-refractivity contribution < 1.29 is 9.53 Å². The highest BCUT2D eigenvalue weighted by molar-refractivity contribution is 5.49. The van der Waals surface area contributed by atoms with Gasteiger partial charge in [-0.25, -0.2) is 0 Å². The average Bonchev–Trinajstić information content (AvgIpc) is 1.89. The Labute approximate surface area is 55.5 Å². The summed E-state index contributed by atoms with van der Waals surface area (Å²) in [4.78, 5) is 9.74. The maximum Gasteiger partial charge on any atom is 0.122 e. The van der Waals surface area contributed by atoms with Crippen LogP contribution in [0.25, 0.3) is 0 Å². The van der Waals surface area contributed by atoms with Crippen molar-refractivity contribution >= 4 is 6.29 Å². The van der Waals surface area contributed by atoms with Gasteiger partial charge in [0.15, 0.2) is 0 Å². The van der Waals surface area contributed by atoms with E-state index in [1.807, 2.05) is 19.1 Å². The molecule has 0 aromatic rings. The first kappa shape index (κ1) is 8.37. The fraction of sp³-hybridized carbons (Fsp3) is 0.571. The van der Waals surface area contributed by atoms with Gasteiger partial charge in [0.1, 0.15) is 6.29 Å². The molecular weight excluding hydrogens is 116 g/mol. The normalized spacial score (nSPS) is 10.3. The smallest absolute Gasteiger partial charge is 0.122 e. The molecule has 0 amide bonds. The molecule has 0 atom stereocenters. The van der Waals surface area contributed by atoms with Crippen LogP contribution >= 0.6 is 0 Å². The Kier molecular flexibility index (Phi) is 6.85. The summed E-state index contributed by atoms with van der Waals surface area (Å²) in [7, 11) is 0. The molecule has 0 aliphatic carbocycles. The van der Waals surface area contributed by atoms with Crippen LogP contribution in [-0.4, -0.2) is 19.5 Å². The Morgan fingerprint density at radius 3 is 2.89 bits per heavy atom. The molecule has 2 nitrogen and oxygen atoms in total. The van der Waals surface area contributed by atoms with Crippen LogP contribution in [-0.2, 0) is 9.53 Å². The molecule has 0 aliphatic rings. The molecule has 0 saturated carbocycles. The van der Waals surface area contributed by atoms with Crippen molar-refractivity contribution in [3.05, 3.63) is 12.2 Å². The number of ether oxygens (including phenoxy) is 1. The first-order valence-corrected chi connectivity index (χ1v) is 3.04. The Bertz CT molecular complexity index is 86.9. The second-order valence-corrected chi connectivity index (χ2v) is 1.60. The molecule has 0 unspecified atom stereocenters. The van der Waals surface area contributed by atoms with E-state index in [0.717, 1.165) is 6.29 Å². The third kappa shape index (κ3) is 7.37. The fourth-order valence-electron chi connectivity index (χ4n) is 0.379. The van der Waals surface area contributed by atoms with Gasteiger partial charge in [-0.05, 0) is 6.92 Å². The number of hydrogen-bond acceptors (Lipinski definition) is 2. The minimum absolute atomic E-state index is 0.498. The van der Waals surface area contributed by atoms with Gasteiger partial charge in [0.25, 0.3) is 0 Å². The van der Waals surface area contributed by atoms with Crippen LogP contribution < -0.4 is 0 Å². The van der Waals surface area contributed by atoms with Crippen LogP contribution in [0.5, 0.6) is 0 Å². The van der Waals surface area contributed by atoms with Crippen molar-refractivity contribution in [2.45, 2.75) is 13.3 Å². The van der Waals surface area contributed by atoms with Crippen LogP contribution in [0.3, 0.4) is 0 Å². The standard InChI is InChI=1S/C7H12O2/c1-2-3-6-9-7-4-5-8/h2-3,5H,4,6-7H2,1H3. The van der Waals surface area contributed by atoms with Crippen molar-refractivity contribution in [2.24, 2.45) is 0 Å². The zero-order valence-electron chi connectivity index (χ0n) is 5.67. The zero-order valence-corrected chi connectivity index (χ0v) is 5.67. The van der Waals surface area contributed by atoms with E-state index in [2.05, 4.69) is 0 Å². The third-order valence-electron chi connectivity index (χ3n) is 0.830. The van der Waals surface area contributed by atoms with Crippen LogP contribution in [0.2, 0.25) is 0 Å². The lowest BCUT2D eigenvalue weighted by Gasteiger charge is -1.93. The SMILES string of the molecule is CC=CCOCCC=O. The molecule has 0 aliphatic heterocycles. The van der Waals surface area contributed by atoms with E-state index in [0.29, 0.717) is 19.6 Å². The van der Waals surface area contributed by atoms with Crippen molar-refractivity contribution in [1.29, 1.82) is 0 Å². The van der Waals surface area contributed by atoms with Gasteiger partial charge in [-0.3, -0.25) is 0 Å². The molecular formula is C7H12O2. The van der Waals surface area contributed by atoms with E-state index >= 15 is 0 Å². The van der Waals surface area contributed by atoms with Gasteiger partial charge in [-0.15, -0.1) is 0 Å². The highest BCUT2D eigenvalue weighted by Crippen LogP contribution is 1.79. The molecule has 0 aromatic carbocycles. The van der Waals surface area contributed by atoms with Crippen LogP contribution in [0, 0.1) is 0 Å². The topological polar surface area (TPSA) is 26.3 Å². The maximum absolute atomic E-state index is 9.74. The van der Waals surface area contributed by atoms with Gasteiger partial charge in [0.05, 0.1) is 13.2 Å². The lowest BCUT2D eigenvalue weighted by Crippen LogP contribution is -1.93. The zero-order chi connectivity index (χ0) is 6.95. The van der Waals surface area contributed by atoms with Crippen LogP contribution in [0.15, 0.2) is 12.2 Å². The molecule has 52 valence electrons. The minimum Gasteiger partial charge on any atom is -0.377 e. The number of aldehydes is 1. The Balaban J connectivity index is 2.82. The molecule has 0 bridgehead atoms. The average molecular weight is 128 g/mol. The predicted octanol–water partition coefficient (Wildman–Crippen LogP) is 1.17. The van der Waals surface area contributed by atoms with Gasteiger partial charge >= 0.3 is 0 Å². The summed E-state index contributed by atoms with van der Waals surface area (Å²) in [5.74, 6) is 0. The minimum atomic E-state index is 0.498. The van der Waals surface area contributed by atoms with Crippen molar-refractivity contribution in [3.63, 3.8) is 0 Å². The molecule has 0 fully saturated rings. The molecule has 2 heteroatoms. The summed E-state index contributed by atoms with van der Waals surface area (Å²) in [6, 6.07) is 0. The Morgan fingerprint density at radius 1 is 1.56 bits per heavy atom. The summed E-state index contributed by atoms with van der Waals surface area (Å²) in [6.07, 6.45) is 5.18. The van der Waals surface area contributed by atoms with Gasteiger partial charge in [-0.2, -0.15) is 0 Å². The second kappa shape index (κ2) is 7.37. The monoisotopic (exact) mass is 128 g/mol. The summed E-state index contributed by atoms with van der Waals surface area (Å²) < 4.78 is 5.00. The summed E-state index contributed by atoms with van der Waals surface area (Å²) in [6.45, 7) is 3.08. The van der Waals surface area contributed by atoms with Crippen LogP contribution in [0.1, 0.15) is 13.3 Å². The Hall–Kier alpha value is -0.630. The van der Waals surface area contributed by atoms with E-state index in [4.69, 9.17) is 4.74 Å². The summed E-state index contributed by atoms with van der Waals surface area (Å²) >= 11 is 0. The van der Waals surface area contributed by atoms with Gasteiger partial charge in [0, 0.05) is 6.42 Å². The number of hydrogen-bond donors (Lipinski definition) is 0.